The number of piperidine rings is 1. The molecule has 1 amide bonds. The summed E-state index contributed by atoms with van der Waals surface area (Å²) in [4.78, 5) is 14.6. The summed E-state index contributed by atoms with van der Waals surface area (Å²) in [7, 11) is 1.82. The van der Waals surface area contributed by atoms with E-state index in [9.17, 15) is 13.6 Å². The Balaban J connectivity index is 1.93. The monoisotopic (exact) mass is 319 g/mol. The number of likely N-dealkylation sites (tertiary alicyclic amines) is 1. The van der Waals surface area contributed by atoms with Crippen molar-refractivity contribution in [1.82, 2.24) is 14.7 Å². The summed E-state index contributed by atoms with van der Waals surface area (Å²) < 4.78 is 28.1. The molecule has 0 radical (unpaired) electrons. The minimum absolute atomic E-state index is 0.0956. The third kappa shape index (κ3) is 3.11. The zero-order valence-electron chi connectivity index (χ0n) is 13.0. The highest BCUT2D eigenvalue weighted by atomic mass is 19.3. The van der Waals surface area contributed by atoms with Crippen molar-refractivity contribution in [2.45, 2.75) is 31.7 Å². The molecule has 2 heterocycles. The molecule has 0 aliphatic carbocycles. The number of amides is 1. The fourth-order valence-corrected chi connectivity index (χ4v) is 3.17. The van der Waals surface area contributed by atoms with Gasteiger partial charge in [-0.2, -0.15) is 5.10 Å². The zero-order chi connectivity index (χ0) is 16.4. The van der Waals surface area contributed by atoms with E-state index in [1.807, 2.05) is 13.2 Å². The van der Waals surface area contributed by atoms with Crippen molar-refractivity contribution in [3.63, 3.8) is 0 Å². The van der Waals surface area contributed by atoms with E-state index in [0.29, 0.717) is 6.54 Å². The Hall–Kier alpha value is -2.24. The highest BCUT2D eigenvalue weighted by Gasteiger charge is 2.31. The molecular formula is C17H19F2N3O. The lowest BCUT2D eigenvalue weighted by atomic mass is 9.95. The van der Waals surface area contributed by atoms with Crippen molar-refractivity contribution in [2.24, 2.45) is 7.05 Å². The number of rotatable bonds is 3. The molecule has 0 saturated carbocycles. The lowest BCUT2D eigenvalue weighted by molar-refractivity contribution is 0.0601. The normalized spacial score (nSPS) is 18.4. The van der Waals surface area contributed by atoms with Gasteiger partial charge in [0.15, 0.2) is 0 Å². The number of hydrogen-bond acceptors (Lipinski definition) is 2. The summed E-state index contributed by atoms with van der Waals surface area (Å²) in [5.41, 5.74) is 0.848. The summed E-state index contributed by atoms with van der Waals surface area (Å²) in [6.07, 6.45) is 3.70. The van der Waals surface area contributed by atoms with Gasteiger partial charge in [-0.25, -0.2) is 8.78 Å². The van der Waals surface area contributed by atoms with Gasteiger partial charge in [0.25, 0.3) is 12.3 Å². The Kier molecular flexibility index (Phi) is 4.41. The summed E-state index contributed by atoms with van der Waals surface area (Å²) in [5.74, 6) is -0.325. The summed E-state index contributed by atoms with van der Waals surface area (Å²) in [6.45, 7) is 0.579. The van der Waals surface area contributed by atoms with Gasteiger partial charge in [0.2, 0.25) is 0 Å². The Labute approximate surface area is 133 Å². The molecule has 1 fully saturated rings. The molecule has 1 unspecified atom stereocenters. The van der Waals surface area contributed by atoms with Crippen molar-refractivity contribution >= 4 is 5.91 Å². The van der Waals surface area contributed by atoms with Crippen LogP contribution in [0, 0.1) is 0 Å². The molecule has 0 N–H and O–H groups in total. The topological polar surface area (TPSA) is 38.1 Å². The van der Waals surface area contributed by atoms with Crippen LogP contribution in [0.3, 0.4) is 0 Å². The second-order valence-corrected chi connectivity index (χ2v) is 5.85. The minimum Gasteiger partial charge on any atom is -0.331 e. The smallest absolute Gasteiger partial charge is 0.264 e. The SMILES string of the molecule is Cn1cc(C2CCCCN2C(=O)c2ccccc2C(F)F)cn1. The molecule has 23 heavy (non-hydrogen) atoms. The second-order valence-electron chi connectivity index (χ2n) is 5.85. The third-order valence-electron chi connectivity index (χ3n) is 4.30. The van der Waals surface area contributed by atoms with Crippen LogP contribution in [-0.2, 0) is 7.05 Å². The van der Waals surface area contributed by atoms with E-state index in [1.165, 1.54) is 18.2 Å². The van der Waals surface area contributed by atoms with Crippen LogP contribution < -0.4 is 0 Å². The molecule has 1 atom stereocenters. The molecule has 1 aromatic heterocycles. The largest absolute Gasteiger partial charge is 0.331 e. The van der Waals surface area contributed by atoms with Gasteiger partial charge in [0.1, 0.15) is 0 Å². The molecule has 1 aromatic carbocycles. The van der Waals surface area contributed by atoms with E-state index in [1.54, 1.807) is 21.8 Å². The van der Waals surface area contributed by atoms with Crippen LogP contribution in [0.5, 0.6) is 0 Å². The van der Waals surface area contributed by atoms with Crippen molar-refractivity contribution in [3.05, 3.63) is 53.3 Å². The molecule has 1 saturated heterocycles. The zero-order valence-corrected chi connectivity index (χ0v) is 13.0. The quantitative estimate of drug-likeness (QED) is 0.864. The first kappa shape index (κ1) is 15.6. The van der Waals surface area contributed by atoms with Crippen molar-refractivity contribution < 1.29 is 13.6 Å². The van der Waals surface area contributed by atoms with Crippen LogP contribution in [0.2, 0.25) is 0 Å². The van der Waals surface area contributed by atoms with Crippen LogP contribution in [-0.4, -0.2) is 27.1 Å². The molecule has 1 aliphatic rings. The number of halogens is 2. The minimum atomic E-state index is -2.66. The van der Waals surface area contributed by atoms with Gasteiger partial charge < -0.3 is 4.90 Å². The molecule has 2 aromatic rings. The fraction of sp³-hybridized carbons (Fsp3) is 0.412. The number of benzene rings is 1. The Morgan fingerprint density at radius 1 is 1.30 bits per heavy atom. The number of carbonyl (C=O) groups is 1. The van der Waals surface area contributed by atoms with Gasteiger partial charge in [0.05, 0.1) is 12.2 Å². The molecule has 0 spiro atoms. The first-order valence-corrected chi connectivity index (χ1v) is 7.74. The predicted octanol–water partition coefficient (Wildman–Crippen LogP) is 3.73. The first-order valence-electron chi connectivity index (χ1n) is 7.74. The molecule has 6 heteroatoms. The molecule has 0 bridgehead atoms. The van der Waals surface area contributed by atoms with Crippen molar-refractivity contribution in [2.75, 3.05) is 6.54 Å². The summed E-state index contributed by atoms with van der Waals surface area (Å²) >= 11 is 0. The number of carbonyl (C=O) groups excluding carboxylic acids is 1. The Morgan fingerprint density at radius 3 is 2.78 bits per heavy atom. The summed E-state index contributed by atoms with van der Waals surface area (Å²) in [5, 5.41) is 4.16. The van der Waals surface area contributed by atoms with E-state index >= 15 is 0 Å². The molecule has 122 valence electrons. The lowest BCUT2D eigenvalue weighted by Gasteiger charge is -2.35. The Morgan fingerprint density at radius 2 is 2.09 bits per heavy atom. The van der Waals surface area contributed by atoms with Gasteiger partial charge >= 0.3 is 0 Å². The molecule has 3 rings (SSSR count). The highest BCUT2D eigenvalue weighted by Crippen LogP contribution is 2.33. The second kappa shape index (κ2) is 6.48. The summed E-state index contributed by atoms with van der Waals surface area (Å²) in [6, 6.07) is 5.87. The predicted molar refractivity (Wildman–Crippen MR) is 82.2 cm³/mol. The van der Waals surface area contributed by atoms with Gasteiger partial charge in [-0.05, 0) is 25.3 Å². The fourth-order valence-electron chi connectivity index (χ4n) is 3.17. The van der Waals surface area contributed by atoms with Crippen LogP contribution in [0.25, 0.3) is 0 Å². The average molecular weight is 319 g/mol. The van der Waals surface area contributed by atoms with E-state index in [2.05, 4.69) is 5.10 Å². The Bertz CT molecular complexity index is 699. The molecule has 1 aliphatic heterocycles. The molecular weight excluding hydrogens is 300 g/mol. The van der Waals surface area contributed by atoms with E-state index < -0.39 is 6.43 Å². The number of aryl methyl sites for hydroxylation is 1. The third-order valence-corrected chi connectivity index (χ3v) is 4.30. The van der Waals surface area contributed by atoms with Crippen molar-refractivity contribution in [1.29, 1.82) is 0 Å². The number of aromatic nitrogens is 2. The van der Waals surface area contributed by atoms with Gasteiger partial charge in [0, 0.05) is 36.5 Å². The van der Waals surface area contributed by atoms with Crippen LogP contribution in [0.4, 0.5) is 8.78 Å². The van der Waals surface area contributed by atoms with Crippen LogP contribution in [0.1, 0.15) is 53.2 Å². The van der Waals surface area contributed by atoms with Gasteiger partial charge in [-0.1, -0.05) is 18.2 Å². The van der Waals surface area contributed by atoms with E-state index in [-0.39, 0.29) is 23.1 Å². The first-order chi connectivity index (χ1) is 11.1. The number of alkyl halides is 2. The maximum Gasteiger partial charge on any atom is 0.264 e. The van der Waals surface area contributed by atoms with Gasteiger partial charge in [-0.15, -0.1) is 0 Å². The van der Waals surface area contributed by atoms with Crippen LogP contribution >= 0.6 is 0 Å². The van der Waals surface area contributed by atoms with Crippen LogP contribution in [0.15, 0.2) is 36.7 Å². The highest BCUT2D eigenvalue weighted by molar-refractivity contribution is 5.96. The maximum absolute atomic E-state index is 13.2. The van der Waals surface area contributed by atoms with E-state index in [0.717, 1.165) is 24.8 Å². The standard InChI is InChI=1S/C17H19F2N3O/c1-21-11-12(10-20-21)15-8-4-5-9-22(15)17(23)14-7-3-2-6-13(14)16(18)19/h2-3,6-7,10-11,15-16H,4-5,8-9H2,1H3. The van der Waals surface area contributed by atoms with Gasteiger partial charge in [-0.3, -0.25) is 9.48 Å². The number of hydrogen-bond donors (Lipinski definition) is 0. The molecule has 4 nitrogen and oxygen atoms in total. The lowest BCUT2D eigenvalue weighted by Crippen LogP contribution is -2.38. The van der Waals surface area contributed by atoms with Crippen molar-refractivity contribution in [3.8, 4) is 0 Å². The average Bonchev–Trinajstić information content (AvgIpc) is 3.00. The number of nitrogens with zero attached hydrogens (tertiary/aromatic N) is 3. The van der Waals surface area contributed by atoms with E-state index in [4.69, 9.17) is 0 Å². The maximum atomic E-state index is 13.2.